The van der Waals surface area contributed by atoms with Crippen LogP contribution >= 0.6 is 23.2 Å². The van der Waals surface area contributed by atoms with Gasteiger partial charge < -0.3 is 4.52 Å². The normalized spacial score (nSPS) is 10.8. The zero-order valence-electron chi connectivity index (χ0n) is 11.7. The molecule has 0 spiro atoms. The third-order valence-electron chi connectivity index (χ3n) is 3.01. The van der Waals surface area contributed by atoms with Gasteiger partial charge in [-0.1, -0.05) is 40.5 Å². The van der Waals surface area contributed by atoms with E-state index in [1.165, 1.54) is 24.4 Å². The molecular formula is C13H7Cl2N5O4. The highest BCUT2D eigenvalue weighted by Gasteiger charge is 2.15. The predicted octanol–water partition coefficient (Wildman–Crippen LogP) is 2.56. The molecule has 0 unspecified atom stereocenters. The van der Waals surface area contributed by atoms with Gasteiger partial charge in [-0.25, -0.2) is 4.68 Å². The van der Waals surface area contributed by atoms with E-state index in [0.29, 0.717) is 5.56 Å². The van der Waals surface area contributed by atoms with Crippen molar-refractivity contribution in [3.05, 3.63) is 66.9 Å². The summed E-state index contributed by atoms with van der Waals surface area (Å²) in [5, 5.41) is 18.2. The first-order chi connectivity index (χ1) is 11.5. The molecule has 0 aliphatic heterocycles. The Kier molecular flexibility index (Phi) is 4.28. The Morgan fingerprint density at radius 3 is 2.88 bits per heavy atom. The quantitative estimate of drug-likeness (QED) is 0.513. The molecule has 0 radical (unpaired) electrons. The van der Waals surface area contributed by atoms with E-state index in [9.17, 15) is 14.9 Å². The minimum atomic E-state index is -0.598. The van der Waals surface area contributed by atoms with Gasteiger partial charge in [0.15, 0.2) is 0 Å². The van der Waals surface area contributed by atoms with Crippen molar-refractivity contribution in [2.45, 2.75) is 6.54 Å². The van der Waals surface area contributed by atoms with E-state index in [2.05, 4.69) is 15.2 Å². The Hall–Kier alpha value is -2.78. The molecule has 0 aliphatic carbocycles. The lowest BCUT2D eigenvalue weighted by atomic mass is 10.2. The summed E-state index contributed by atoms with van der Waals surface area (Å²) < 4.78 is 6.05. The van der Waals surface area contributed by atoms with Crippen molar-refractivity contribution in [1.29, 1.82) is 0 Å². The van der Waals surface area contributed by atoms with Gasteiger partial charge in [0, 0.05) is 17.7 Å². The molecule has 122 valence electrons. The van der Waals surface area contributed by atoms with E-state index in [4.69, 9.17) is 27.7 Å². The summed E-state index contributed by atoms with van der Waals surface area (Å²) in [7, 11) is 0. The lowest BCUT2D eigenvalue weighted by Crippen LogP contribution is -2.23. The Labute approximate surface area is 143 Å². The second-order valence-corrected chi connectivity index (χ2v) is 5.37. The molecule has 2 heterocycles. The highest BCUT2D eigenvalue weighted by atomic mass is 35.5. The lowest BCUT2D eigenvalue weighted by Gasteiger charge is -2.01. The van der Waals surface area contributed by atoms with Crippen LogP contribution in [-0.4, -0.2) is 24.8 Å². The van der Waals surface area contributed by atoms with E-state index in [1.807, 2.05) is 0 Å². The summed E-state index contributed by atoms with van der Waals surface area (Å²) in [6, 6.07) is 5.78. The number of nitro groups is 1. The zero-order valence-corrected chi connectivity index (χ0v) is 13.2. The van der Waals surface area contributed by atoms with E-state index >= 15 is 0 Å². The minimum absolute atomic E-state index is 0.0423. The number of benzene rings is 1. The molecule has 0 saturated heterocycles. The van der Waals surface area contributed by atoms with Crippen molar-refractivity contribution < 1.29 is 9.45 Å². The molecule has 0 aliphatic rings. The third-order valence-corrected chi connectivity index (χ3v) is 3.76. The largest absolute Gasteiger partial charge is 0.337 e. The molecule has 0 saturated carbocycles. The van der Waals surface area contributed by atoms with Crippen LogP contribution in [0.3, 0.4) is 0 Å². The summed E-state index contributed by atoms with van der Waals surface area (Å²) >= 11 is 11.5. The van der Waals surface area contributed by atoms with Gasteiger partial charge in [-0.3, -0.25) is 14.9 Å². The molecular weight excluding hydrogens is 361 g/mol. The van der Waals surface area contributed by atoms with Crippen LogP contribution in [-0.2, 0) is 6.54 Å². The summed E-state index contributed by atoms with van der Waals surface area (Å²) in [6.07, 6.45) is 1.23. The van der Waals surface area contributed by atoms with Crippen molar-refractivity contribution in [2.24, 2.45) is 0 Å². The van der Waals surface area contributed by atoms with Crippen LogP contribution in [0.1, 0.15) is 5.89 Å². The highest BCUT2D eigenvalue weighted by Crippen LogP contribution is 2.21. The Morgan fingerprint density at radius 1 is 1.33 bits per heavy atom. The molecule has 2 aromatic heterocycles. The van der Waals surface area contributed by atoms with Crippen LogP contribution in [0.4, 0.5) is 5.69 Å². The number of hydrogen-bond donors (Lipinski definition) is 0. The maximum atomic E-state index is 11.9. The van der Waals surface area contributed by atoms with E-state index in [1.54, 1.807) is 6.07 Å². The average Bonchev–Trinajstić information content (AvgIpc) is 3.04. The summed E-state index contributed by atoms with van der Waals surface area (Å²) in [5.41, 5.74) is -0.283. The van der Waals surface area contributed by atoms with Gasteiger partial charge in [0.25, 0.3) is 11.2 Å². The highest BCUT2D eigenvalue weighted by molar-refractivity contribution is 6.41. The van der Waals surface area contributed by atoms with Crippen molar-refractivity contribution in [1.82, 2.24) is 19.9 Å². The fourth-order valence-electron chi connectivity index (χ4n) is 1.88. The monoisotopic (exact) mass is 367 g/mol. The van der Waals surface area contributed by atoms with Gasteiger partial charge in [0.2, 0.25) is 11.7 Å². The van der Waals surface area contributed by atoms with Gasteiger partial charge >= 0.3 is 0 Å². The Morgan fingerprint density at radius 2 is 2.12 bits per heavy atom. The molecule has 0 fully saturated rings. The standard InChI is InChI=1S/C13H7Cl2N5O4/c14-9-5-16-19(13(21)11(9)15)6-10-17-12(18-24-10)7-2-1-3-8(4-7)20(22)23/h1-5H,6H2. The van der Waals surface area contributed by atoms with Gasteiger partial charge in [0.05, 0.1) is 16.1 Å². The van der Waals surface area contributed by atoms with Crippen LogP contribution < -0.4 is 5.56 Å². The fraction of sp³-hybridized carbons (Fsp3) is 0.0769. The second-order valence-electron chi connectivity index (χ2n) is 4.59. The number of halogens is 2. The van der Waals surface area contributed by atoms with Crippen molar-refractivity contribution >= 4 is 28.9 Å². The topological polar surface area (TPSA) is 117 Å². The smallest absolute Gasteiger partial charge is 0.287 e. The first-order valence-electron chi connectivity index (χ1n) is 6.44. The number of non-ortho nitro benzene ring substituents is 1. The van der Waals surface area contributed by atoms with Crippen LogP contribution in [0.5, 0.6) is 0 Å². The number of nitrogens with zero attached hydrogens (tertiary/aromatic N) is 5. The van der Waals surface area contributed by atoms with Crippen molar-refractivity contribution in [3.8, 4) is 11.4 Å². The molecule has 0 amide bonds. The first-order valence-corrected chi connectivity index (χ1v) is 7.20. The molecule has 0 bridgehead atoms. The van der Waals surface area contributed by atoms with Crippen LogP contribution in [0.25, 0.3) is 11.4 Å². The van der Waals surface area contributed by atoms with Gasteiger partial charge in [-0.2, -0.15) is 10.1 Å². The van der Waals surface area contributed by atoms with E-state index in [0.717, 1.165) is 4.68 Å². The summed E-state index contributed by atoms with van der Waals surface area (Å²) in [5.74, 6) is 0.242. The summed E-state index contributed by atoms with van der Waals surface area (Å²) in [4.78, 5) is 26.3. The molecule has 0 N–H and O–H groups in total. The number of hydrogen-bond acceptors (Lipinski definition) is 7. The Bertz CT molecular complexity index is 984. The zero-order chi connectivity index (χ0) is 17.3. The number of rotatable bonds is 4. The van der Waals surface area contributed by atoms with Crippen LogP contribution in [0.2, 0.25) is 10.0 Å². The number of aromatic nitrogens is 4. The molecule has 24 heavy (non-hydrogen) atoms. The predicted molar refractivity (Wildman–Crippen MR) is 84.0 cm³/mol. The van der Waals surface area contributed by atoms with Gasteiger partial charge in [-0.05, 0) is 0 Å². The summed E-state index contributed by atoms with van der Waals surface area (Å²) in [6.45, 7) is -0.113. The SMILES string of the molecule is O=c1c(Cl)c(Cl)cnn1Cc1nc(-c2cccc([N+](=O)[O-])c2)no1. The molecule has 9 nitrogen and oxygen atoms in total. The molecule has 3 aromatic rings. The lowest BCUT2D eigenvalue weighted by molar-refractivity contribution is -0.384. The van der Waals surface area contributed by atoms with Crippen LogP contribution in [0, 0.1) is 10.1 Å². The van der Waals surface area contributed by atoms with Crippen molar-refractivity contribution in [2.75, 3.05) is 0 Å². The molecule has 0 atom stereocenters. The van der Waals surface area contributed by atoms with E-state index < -0.39 is 10.5 Å². The molecule has 3 rings (SSSR count). The number of nitro benzene ring substituents is 1. The minimum Gasteiger partial charge on any atom is -0.337 e. The van der Waals surface area contributed by atoms with Crippen LogP contribution in [0.15, 0.2) is 39.8 Å². The average molecular weight is 368 g/mol. The first kappa shape index (κ1) is 16.1. The maximum Gasteiger partial charge on any atom is 0.287 e. The maximum absolute atomic E-state index is 11.9. The second kappa shape index (κ2) is 6.38. The third kappa shape index (κ3) is 3.12. The van der Waals surface area contributed by atoms with E-state index in [-0.39, 0.29) is 34.0 Å². The van der Waals surface area contributed by atoms with Crippen molar-refractivity contribution in [3.63, 3.8) is 0 Å². The fourth-order valence-corrected chi connectivity index (χ4v) is 2.15. The molecule has 1 aromatic carbocycles. The van der Waals surface area contributed by atoms with Gasteiger partial charge in [-0.15, -0.1) is 0 Å². The van der Waals surface area contributed by atoms with Gasteiger partial charge in [0.1, 0.15) is 11.6 Å². The molecule has 11 heteroatoms. The Balaban J connectivity index is 1.89.